The summed E-state index contributed by atoms with van der Waals surface area (Å²) in [5.41, 5.74) is 0. The molecular formula is C94H167NO8P+. The van der Waals surface area contributed by atoms with Crippen molar-refractivity contribution in [3.8, 4) is 0 Å². The maximum absolute atomic E-state index is 12.9. The summed E-state index contributed by atoms with van der Waals surface area (Å²) in [6.45, 7) is 4.26. The summed E-state index contributed by atoms with van der Waals surface area (Å²) in [5, 5.41) is 0. The highest BCUT2D eigenvalue weighted by Gasteiger charge is 2.27. The number of esters is 2. The van der Waals surface area contributed by atoms with E-state index in [0.717, 1.165) is 103 Å². The molecule has 0 aromatic carbocycles. The topological polar surface area (TPSA) is 108 Å². The second kappa shape index (κ2) is 83.2. The zero-order chi connectivity index (χ0) is 75.4. The van der Waals surface area contributed by atoms with Crippen LogP contribution in [-0.4, -0.2) is 74.9 Å². The first kappa shape index (κ1) is 100. The number of rotatable bonds is 81. The molecule has 2 atom stereocenters. The largest absolute Gasteiger partial charge is 0.472 e. The zero-order valence-electron chi connectivity index (χ0n) is 68.7. The molecule has 0 aromatic heterocycles. The Morgan fingerprint density at radius 3 is 0.769 bits per heavy atom. The number of carbonyl (C=O) groups excluding carboxylic acids is 2. The molecule has 2 unspecified atom stereocenters. The fourth-order valence-electron chi connectivity index (χ4n) is 12.6. The van der Waals surface area contributed by atoms with Crippen LogP contribution in [-0.2, 0) is 32.7 Å². The van der Waals surface area contributed by atoms with Crippen molar-refractivity contribution in [1.29, 1.82) is 0 Å². The Kier molecular flexibility index (Phi) is 80.1. The molecule has 0 heterocycles. The van der Waals surface area contributed by atoms with Gasteiger partial charge in [0.05, 0.1) is 27.7 Å². The number of ether oxygens (including phenoxy) is 2. The van der Waals surface area contributed by atoms with Crippen LogP contribution in [0.1, 0.15) is 399 Å². The van der Waals surface area contributed by atoms with Crippen LogP contribution in [0.15, 0.2) is 134 Å². The number of unbranched alkanes of at least 4 members (excludes halogenated alkanes) is 45. The van der Waals surface area contributed by atoms with Crippen LogP contribution in [0.25, 0.3) is 0 Å². The van der Waals surface area contributed by atoms with E-state index in [1.54, 1.807) is 0 Å². The fourth-order valence-corrected chi connectivity index (χ4v) is 13.3. The lowest BCUT2D eigenvalue weighted by Crippen LogP contribution is -2.37. The number of phosphoric ester groups is 1. The number of phosphoric acid groups is 1. The van der Waals surface area contributed by atoms with Gasteiger partial charge < -0.3 is 18.9 Å². The van der Waals surface area contributed by atoms with Gasteiger partial charge in [-0.3, -0.25) is 18.6 Å². The SMILES string of the molecule is CC/C=C\C/C=C\C/C=C\C/C=C\C/C=C\C/C=C\C/C=C\CCCCCCCCCCCCCCCCCCCC(=O)OC(COC(=O)CCCCCCCCCCCCCCCCCCCCCCCCCCCCCC/C=C\C/C=C\C/C=C\C/C=C\CC)COP(=O)(O)OCC[N+](C)(C)C. The molecular weight excluding hydrogens is 1300 g/mol. The van der Waals surface area contributed by atoms with Crippen molar-refractivity contribution < 1.29 is 42.1 Å². The number of hydrogen-bond acceptors (Lipinski definition) is 7. The molecule has 0 rings (SSSR count). The Labute approximate surface area is 644 Å². The van der Waals surface area contributed by atoms with Gasteiger partial charge in [-0.05, 0) is 109 Å². The molecule has 10 heteroatoms. The van der Waals surface area contributed by atoms with Crippen molar-refractivity contribution in [1.82, 2.24) is 0 Å². The minimum Gasteiger partial charge on any atom is -0.462 e. The molecule has 600 valence electrons. The minimum atomic E-state index is -4.40. The highest BCUT2D eigenvalue weighted by Crippen LogP contribution is 2.43. The van der Waals surface area contributed by atoms with E-state index >= 15 is 0 Å². The Morgan fingerprint density at radius 1 is 0.298 bits per heavy atom. The van der Waals surface area contributed by atoms with Gasteiger partial charge in [0.25, 0.3) is 0 Å². The van der Waals surface area contributed by atoms with Gasteiger partial charge in [-0.15, -0.1) is 0 Å². The Hall–Kier alpha value is -3.85. The third-order valence-electron chi connectivity index (χ3n) is 19.2. The maximum atomic E-state index is 12.9. The maximum Gasteiger partial charge on any atom is 0.472 e. The van der Waals surface area contributed by atoms with Crippen LogP contribution in [0.5, 0.6) is 0 Å². The molecule has 0 saturated carbocycles. The molecule has 104 heavy (non-hydrogen) atoms. The second-order valence-corrected chi connectivity index (χ2v) is 32.0. The lowest BCUT2D eigenvalue weighted by atomic mass is 10.0. The molecule has 0 spiro atoms. The van der Waals surface area contributed by atoms with Crippen LogP contribution in [0.4, 0.5) is 0 Å². The molecule has 0 saturated heterocycles. The smallest absolute Gasteiger partial charge is 0.462 e. The molecule has 0 amide bonds. The molecule has 0 bridgehead atoms. The van der Waals surface area contributed by atoms with Gasteiger partial charge >= 0.3 is 19.8 Å². The highest BCUT2D eigenvalue weighted by molar-refractivity contribution is 7.47. The van der Waals surface area contributed by atoms with E-state index in [0.29, 0.717) is 23.9 Å². The number of quaternary nitrogens is 1. The summed E-state index contributed by atoms with van der Waals surface area (Å²) in [5.74, 6) is -0.781. The number of hydrogen-bond donors (Lipinski definition) is 1. The molecule has 0 radical (unpaired) electrons. The first-order valence-electron chi connectivity index (χ1n) is 43.9. The van der Waals surface area contributed by atoms with Crippen molar-refractivity contribution >= 4 is 19.8 Å². The fraction of sp³-hybridized carbons (Fsp3) is 0.745. The summed E-state index contributed by atoms with van der Waals surface area (Å²) in [6.07, 6.45) is 122. The van der Waals surface area contributed by atoms with Crippen LogP contribution < -0.4 is 0 Å². The molecule has 0 aliphatic heterocycles. The van der Waals surface area contributed by atoms with Gasteiger partial charge in [0.15, 0.2) is 6.10 Å². The Morgan fingerprint density at radius 2 is 0.519 bits per heavy atom. The number of allylic oxidation sites excluding steroid dienone is 22. The van der Waals surface area contributed by atoms with Crippen molar-refractivity contribution in [2.75, 3.05) is 47.5 Å². The van der Waals surface area contributed by atoms with E-state index in [-0.39, 0.29) is 25.6 Å². The normalized spacial score (nSPS) is 13.6. The Bertz CT molecular complexity index is 2230. The monoisotopic (exact) mass is 1470 g/mol. The van der Waals surface area contributed by atoms with E-state index in [9.17, 15) is 19.0 Å². The minimum absolute atomic E-state index is 0.0306. The van der Waals surface area contributed by atoms with Crippen molar-refractivity contribution in [3.05, 3.63) is 134 Å². The van der Waals surface area contributed by atoms with Gasteiger partial charge in [0.1, 0.15) is 19.8 Å². The molecule has 0 aromatic rings. The number of likely N-dealkylation sites (N-methyl/N-ethyl adjacent to an activating group) is 1. The molecule has 0 fully saturated rings. The highest BCUT2D eigenvalue weighted by atomic mass is 31.2. The number of nitrogens with zero attached hydrogens (tertiary/aromatic N) is 1. The third-order valence-corrected chi connectivity index (χ3v) is 20.2. The van der Waals surface area contributed by atoms with Crippen LogP contribution in [0.2, 0.25) is 0 Å². The lowest BCUT2D eigenvalue weighted by molar-refractivity contribution is -0.870. The quantitative estimate of drug-likeness (QED) is 0.0211. The average molecular weight is 1470 g/mol. The second-order valence-electron chi connectivity index (χ2n) is 30.5. The summed E-state index contributed by atoms with van der Waals surface area (Å²) in [6, 6.07) is 0. The van der Waals surface area contributed by atoms with Gasteiger partial charge in [-0.1, -0.05) is 411 Å². The first-order chi connectivity index (χ1) is 51.0. The van der Waals surface area contributed by atoms with Crippen molar-refractivity contribution in [3.63, 3.8) is 0 Å². The summed E-state index contributed by atoms with van der Waals surface area (Å²) in [7, 11) is 1.49. The number of carbonyl (C=O) groups is 2. The molecule has 0 aliphatic rings. The predicted octanol–water partition coefficient (Wildman–Crippen LogP) is 29.8. The molecule has 9 nitrogen and oxygen atoms in total. The molecule has 0 aliphatic carbocycles. The summed E-state index contributed by atoms with van der Waals surface area (Å²) in [4.78, 5) is 36.1. The van der Waals surface area contributed by atoms with Crippen LogP contribution >= 0.6 is 7.82 Å². The Balaban J connectivity index is 3.89. The van der Waals surface area contributed by atoms with Gasteiger partial charge in [-0.25, -0.2) is 4.57 Å². The van der Waals surface area contributed by atoms with E-state index < -0.39 is 26.5 Å². The summed E-state index contributed by atoms with van der Waals surface area (Å²) >= 11 is 0. The summed E-state index contributed by atoms with van der Waals surface area (Å²) < 4.78 is 34.9. The predicted molar refractivity (Wildman–Crippen MR) is 454 cm³/mol. The van der Waals surface area contributed by atoms with Crippen LogP contribution in [0.3, 0.4) is 0 Å². The van der Waals surface area contributed by atoms with Gasteiger partial charge in [0.2, 0.25) is 0 Å². The average Bonchev–Trinajstić information content (AvgIpc) is 0.915. The first-order valence-corrected chi connectivity index (χ1v) is 45.4. The molecule has 1 N–H and O–H groups in total. The lowest BCUT2D eigenvalue weighted by Gasteiger charge is -2.24. The van der Waals surface area contributed by atoms with Gasteiger partial charge in [0, 0.05) is 12.8 Å². The van der Waals surface area contributed by atoms with Crippen LogP contribution in [0, 0.1) is 0 Å². The van der Waals surface area contributed by atoms with Crippen molar-refractivity contribution in [2.45, 2.75) is 405 Å². The third kappa shape index (κ3) is 87.1. The standard InChI is InChI=1S/C94H166NO8P/c1-6-8-10-12-14-16-18-20-22-24-26-28-30-32-34-36-38-40-42-44-46-47-49-50-52-54-56-58-60-62-64-66-68-70-72-74-76-78-80-82-84-86-93(96)100-90-92(91-102-104(98,99)101-89-88-95(3,4)5)103-94(97)87-85-83-81-79-77-75-73-71-69-67-65-63-61-59-57-55-53-51-48-45-43-41-39-37-35-33-31-29-27-25-23-21-19-17-15-13-11-9-7-2/h8-11,14-17,20-23,26-29,33,35,39,41,45,48,92H,6-7,12-13,18-19,24-25,30-32,34,36-38,40,42-44,46-47,49-91H2,1-5H3/p+1/b10-8-,11-9-,16-14-,17-15-,22-20-,23-21-,28-26-,29-27-,35-33-,41-39-,48-45-. The van der Waals surface area contributed by atoms with E-state index in [1.165, 1.54) is 263 Å². The van der Waals surface area contributed by atoms with Gasteiger partial charge in [-0.2, -0.15) is 0 Å². The van der Waals surface area contributed by atoms with Crippen molar-refractivity contribution in [2.24, 2.45) is 0 Å². The van der Waals surface area contributed by atoms with E-state index in [4.69, 9.17) is 18.5 Å². The zero-order valence-corrected chi connectivity index (χ0v) is 69.6. The van der Waals surface area contributed by atoms with E-state index in [2.05, 4.69) is 148 Å². The van der Waals surface area contributed by atoms with E-state index in [1.807, 2.05) is 21.1 Å².